The van der Waals surface area contributed by atoms with E-state index < -0.39 is 20.2 Å². The summed E-state index contributed by atoms with van der Waals surface area (Å²) in [6, 6.07) is 8.80. The number of hydrogen-bond donors (Lipinski definition) is 4. The summed E-state index contributed by atoms with van der Waals surface area (Å²) in [5.74, 6) is 0. The Kier molecular flexibility index (Phi) is 6.50. The minimum absolute atomic E-state index is 0.0543. The Bertz CT molecular complexity index is 1110. The highest BCUT2D eigenvalue weighted by Gasteiger charge is 2.17. The van der Waals surface area contributed by atoms with Gasteiger partial charge in [0.05, 0.1) is 0 Å². The third kappa shape index (κ3) is 5.55. The molecule has 0 aliphatic carbocycles. The Morgan fingerprint density at radius 2 is 1.25 bits per heavy atom. The predicted molar refractivity (Wildman–Crippen MR) is 110 cm³/mol. The number of hydrogen-bond acceptors (Lipinski definition) is 6. The van der Waals surface area contributed by atoms with Gasteiger partial charge in [0.15, 0.2) is 0 Å². The lowest BCUT2D eigenvalue weighted by Crippen LogP contribution is -2.11. The van der Waals surface area contributed by atoms with Crippen LogP contribution in [0.1, 0.15) is 25.0 Å². The maximum Gasteiger partial charge on any atom is 0.295 e. The van der Waals surface area contributed by atoms with Crippen molar-refractivity contribution in [2.75, 3.05) is 17.7 Å². The van der Waals surface area contributed by atoms with Crippen molar-refractivity contribution in [2.24, 2.45) is 0 Å². The van der Waals surface area contributed by atoms with E-state index in [-0.39, 0.29) is 27.0 Å². The van der Waals surface area contributed by atoms with Crippen LogP contribution >= 0.6 is 0 Å². The number of nitrogens with one attached hydrogen (secondary N) is 2. The molecule has 28 heavy (non-hydrogen) atoms. The van der Waals surface area contributed by atoms with Crippen LogP contribution < -0.4 is 10.6 Å². The minimum Gasteiger partial charge on any atom is -0.388 e. The molecule has 0 fully saturated rings. The first-order valence-electron chi connectivity index (χ1n) is 8.27. The molecule has 0 unspecified atom stereocenters. The smallest absolute Gasteiger partial charge is 0.295 e. The summed E-state index contributed by atoms with van der Waals surface area (Å²) in [7, 11) is -7.41. The SMILES string of the molecule is CNc1ccc(/C=C/c2ccc(NC(C)C)cc2S(=O)(=O)O)c(S(=O)(=O)O)c1. The molecule has 0 amide bonds. The monoisotopic (exact) mass is 426 g/mol. The van der Waals surface area contributed by atoms with Crippen LogP contribution in [-0.2, 0) is 20.2 Å². The van der Waals surface area contributed by atoms with Crippen molar-refractivity contribution in [2.45, 2.75) is 29.7 Å². The van der Waals surface area contributed by atoms with E-state index in [0.717, 1.165) is 0 Å². The van der Waals surface area contributed by atoms with Gasteiger partial charge in [-0.3, -0.25) is 9.11 Å². The van der Waals surface area contributed by atoms with Crippen molar-refractivity contribution in [3.8, 4) is 0 Å². The molecule has 10 heteroatoms. The van der Waals surface area contributed by atoms with Gasteiger partial charge in [-0.25, -0.2) is 0 Å². The van der Waals surface area contributed by atoms with E-state index >= 15 is 0 Å². The van der Waals surface area contributed by atoms with Crippen LogP contribution in [0, 0.1) is 0 Å². The molecule has 0 heterocycles. The van der Waals surface area contributed by atoms with Crippen molar-refractivity contribution in [3.63, 3.8) is 0 Å². The molecule has 4 N–H and O–H groups in total. The average molecular weight is 427 g/mol. The van der Waals surface area contributed by atoms with Gasteiger partial charge in [-0.15, -0.1) is 0 Å². The van der Waals surface area contributed by atoms with Crippen LogP contribution in [0.15, 0.2) is 46.2 Å². The van der Waals surface area contributed by atoms with Gasteiger partial charge in [0.25, 0.3) is 20.2 Å². The largest absolute Gasteiger partial charge is 0.388 e. The van der Waals surface area contributed by atoms with Crippen molar-refractivity contribution in [3.05, 3.63) is 47.5 Å². The van der Waals surface area contributed by atoms with Gasteiger partial charge in [-0.2, -0.15) is 16.8 Å². The topological polar surface area (TPSA) is 133 Å². The second kappa shape index (κ2) is 8.31. The van der Waals surface area contributed by atoms with E-state index in [2.05, 4.69) is 10.6 Å². The molecule has 8 nitrogen and oxygen atoms in total. The molecule has 2 rings (SSSR count). The second-order valence-corrected chi connectivity index (χ2v) is 9.12. The first-order chi connectivity index (χ1) is 12.9. The van der Waals surface area contributed by atoms with Crippen LogP contribution in [0.5, 0.6) is 0 Å². The maximum absolute atomic E-state index is 11.8. The highest BCUT2D eigenvalue weighted by atomic mass is 32.2. The molecular weight excluding hydrogens is 404 g/mol. The molecule has 0 saturated carbocycles. The van der Waals surface area contributed by atoms with Gasteiger partial charge >= 0.3 is 0 Å². The standard InChI is InChI=1S/C18H22N2O6S2/c1-12(2)20-16-9-7-14(18(11-16)28(24,25)26)5-4-13-6-8-15(19-3)10-17(13)27(21,22)23/h4-12,19-20H,1-3H3,(H,21,22,23)(H,24,25,26)/b5-4+. The summed E-state index contributed by atoms with van der Waals surface area (Å²) >= 11 is 0. The molecule has 2 aromatic carbocycles. The lowest BCUT2D eigenvalue weighted by atomic mass is 10.1. The third-order valence-corrected chi connectivity index (χ3v) is 5.59. The average Bonchev–Trinajstić information content (AvgIpc) is 2.58. The highest BCUT2D eigenvalue weighted by Crippen LogP contribution is 2.26. The van der Waals surface area contributed by atoms with E-state index in [4.69, 9.17) is 0 Å². The lowest BCUT2D eigenvalue weighted by Gasteiger charge is -2.12. The number of rotatable bonds is 7. The fourth-order valence-electron chi connectivity index (χ4n) is 2.55. The minimum atomic E-state index is -4.51. The quantitative estimate of drug-likeness (QED) is 0.392. The first-order valence-corrected chi connectivity index (χ1v) is 11.2. The molecule has 0 saturated heterocycles. The predicted octanol–water partition coefficient (Wildman–Crippen LogP) is 3.21. The zero-order valence-electron chi connectivity index (χ0n) is 15.5. The summed E-state index contributed by atoms with van der Waals surface area (Å²) in [4.78, 5) is -0.656. The van der Waals surface area contributed by atoms with E-state index in [9.17, 15) is 25.9 Å². The Morgan fingerprint density at radius 3 is 1.64 bits per heavy atom. The molecule has 0 aromatic heterocycles. The van der Waals surface area contributed by atoms with Crippen LogP contribution in [0.2, 0.25) is 0 Å². The van der Waals surface area contributed by atoms with E-state index in [1.54, 1.807) is 19.2 Å². The fraction of sp³-hybridized carbons (Fsp3) is 0.222. The fourth-order valence-corrected chi connectivity index (χ4v) is 3.97. The van der Waals surface area contributed by atoms with Gasteiger partial charge in [0.2, 0.25) is 0 Å². The first kappa shape index (κ1) is 21.9. The van der Waals surface area contributed by atoms with Crippen molar-refractivity contribution < 1.29 is 25.9 Å². The van der Waals surface area contributed by atoms with Crippen LogP contribution in [0.4, 0.5) is 11.4 Å². The Labute approximate surface area is 164 Å². The molecule has 0 spiro atoms. The van der Waals surface area contributed by atoms with Crippen LogP contribution in [0.25, 0.3) is 12.2 Å². The Hall–Kier alpha value is -2.40. The van der Waals surface area contributed by atoms with Crippen molar-refractivity contribution >= 4 is 43.8 Å². The van der Waals surface area contributed by atoms with E-state index in [1.807, 2.05) is 13.8 Å². The molecule has 2 aromatic rings. The van der Waals surface area contributed by atoms with Crippen LogP contribution in [0.3, 0.4) is 0 Å². The normalized spacial score (nSPS) is 12.5. The highest BCUT2D eigenvalue weighted by molar-refractivity contribution is 7.86. The molecule has 0 aliphatic rings. The number of anilines is 2. The van der Waals surface area contributed by atoms with Crippen LogP contribution in [-0.4, -0.2) is 39.0 Å². The summed E-state index contributed by atoms with van der Waals surface area (Å²) in [5, 5.41) is 5.81. The number of benzene rings is 2. The lowest BCUT2D eigenvalue weighted by molar-refractivity contribution is 0.480. The molecule has 0 atom stereocenters. The Morgan fingerprint density at radius 1 is 0.821 bits per heavy atom. The molecule has 152 valence electrons. The zero-order chi connectivity index (χ0) is 21.1. The van der Waals surface area contributed by atoms with Crippen molar-refractivity contribution in [1.29, 1.82) is 0 Å². The second-order valence-electron chi connectivity index (χ2n) is 6.34. The van der Waals surface area contributed by atoms with Gasteiger partial charge in [-0.05, 0) is 49.2 Å². The third-order valence-electron chi connectivity index (χ3n) is 3.77. The van der Waals surface area contributed by atoms with Gasteiger partial charge in [-0.1, -0.05) is 24.3 Å². The summed E-state index contributed by atoms with van der Waals surface area (Å²) in [5.41, 5.74) is 1.31. The zero-order valence-corrected chi connectivity index (χ0v) is 17.2. The van der Waals surface area contributed by atoms with Crippen molar-refractivity contribution in [1.82, 2.24) is 0 Å². The Balaban J connectivity index is 2.55. The van der Waals surface area contributed by atoms with Gasteiger partial charge in [0.1, 0.15) is 9.79 Å². The molecule has 0 bridgehead atoms. The summed E-state index contributed by atoms with van der Waals surface area (Å²) < 4.78 is 65.8. The molecule has 0 radical (unpaired) electrons. The summed E-state index contributed by atoms with van der Waals surface area (Å²) in [6.45, 7) is 3.76. The molecule has 0 aliphatic heterocycles. The summed E-state index contributed by atoms with van der Waals surface area (Å²) in [6.07, 6.45) is 2.70. The van der Waals surface area contributed by atoms with Gasteiger partial charge < -0.3 is 10.6 Å². The van der Waals surface area contributed by atoms with E-state index in [1.165, 1.54) is 36.4 Å². The molecular formula is C18H22N2O6S2. The maximum atomic E-state index is 11.8. The van der Waals surface area contributed by atoms with Gasteiger partial charge in [0, 0.05) is 24.5 Å². The van der Waals surface area contributed by atoms with E-state index in [0.29, 0.717) is 11.4 Å².